The Kier molecular flexibility index (Phi) is 1.66. The van der Waals surface area contributed by atoms with E-state index in [1.165, 1.54) is 18.8 Å². The van der Waals surface area contributed by atoms with Gasteiger partial charge in [-0.1, -0.05) is 0 Å². The fourth-order valence-corrected chi connectivity index (χ4v) is 0.999. The number of hydrogen-bond donors (Lipinski definition) is 1. The van der Waals surface area contributed by atoms with Crippen LogP contribution in [0.3, 0.4) is 0 Å². The Morgan fingerprint density at radius 1 is 1.69 bits per heavy atom. The molecular weight excluding hydrogens is 176 g/mol. The van der Waals surface area contributed by atoms with Gasteiger partial charge in [0.25, 0.3) is 0 Å². The number of oxime groups is 1. The average Bonchev–Trinajstić information content (AvgIpc) is 2.17. The van der Waals surface area contributed by atoms with Crippen molar-refractivity contribution in [1.82, 2.24) is 4.90 Å². The molecule has 0 radical (unpaired) electrons. The van der Waals surface area contributed by atoms with Gasteiger partial charge >= 0.3 is 6.09 Å². The maximum absolute atomic E-state index is 10.5. The Balaban J connectivity index is 2.22. The lowest BCUT2D eigenvalue weighted by molar-refractivity contribution is 0.0945. The maximum atomic E-state index is 10.5. The molecule has 0 aromatic heterocycles. The van der Waals surface area contributed by atoms with Gasteiger partial charge in [0.2, 0.25) is 6.40 Å². The van der Waals surface area contributed by atoms with Crippen molar-refractivity contribution >= 4 is 12.5 Å². The summed E-state index contributed by atoms with van der Waals surface area (Å²) in [5.74, 6) is 0.354. The van der Waals surface area contributed by atoms with Gasteiger partial charge in [-0.15, -0.1) is 0 Å². The predicted octanol–water partition coefficient (Wildman–Crippen LogP) is 0.694. The second-order valence-electron chi connectivity index (χ2n) is 2.42. The van der Waals surface area contributed by atoms with Crippen LogP contribution in [0.2, 0.25) is 0 Å². The van der Waals surface area contributed by atoms with Crippen molar-refractivity contribution in [3.63, 3.8) is 0 Å². The van der Waals surface area contributed by atoms with E-state index in [1.54, 1.807) is 6.08 Å². The molecule has 0 bridgehead atoms. The van der Waals surface area contributed by atoms with Crippen molar-refractivity contribution in [2.75, 3.05) is 0 Å². The highest BCUT2D eigenvalue weighted by molar-refractivity contribution is 5.68. The lowest BCUT2D eigenvalue weighted by Crippen LogP contribution is -2.28. The predicted molar refractivity (Wildman–Crippen MR) is 41.5 cm³/mol. The van der Waals surface area contributed by atoms with Crippen molar-refractivity contribution in [1.29, 1.82) is 0 Å². The van der Waals surface area contributed by atoms with Crippen LogP contribution in [0.5, 0.6) is 0 Å². The molecule has 6 heteroatoms. The van der Waals surface area contributed by atoms with E-state index >= 15 is 0 Å². The van der Waals surface area contributed by atoms with Gasteiger partial charge in [0.05, 0.1) is 6.20 Å². The highest BCUT2D eigenvalue weighted by atomic mass is 16.7. The molecular formula is C7H6N2O4. The zero-order chi connectivity index (χ0) is 9.26. The Labute approximate surface area is 73.3 Å². The Hall–Kier alpha value is -1.98. The van der Waals surface area contributed by atoms with E-state index in [0.717, 1.165) is 4.90 Å². The highest BCUT2D eigenvalue weighted by Crippen LogP contribution is 2.19. The van der Waals surface area contributed by atoms with Gasteiger partial charge in [0, 0.05) is 6.20 Å². The zero-order valence-corrected chi connectivity index (χ0v) is 6.45. The lowest BCUT2D eigenvalue weighted by atomic mass is 10.2. The smallest absolute Gasteiger partial charge is 0.415 e. The molecule has 1 N–H and O–H groups in total. The molecule has 0 spiro atoms. The third-order valence-electron chi connectivity index (χ3n) is 1.60. The molecule has 68 valence electrons. The maximum Gasteiger partial charge on any atom is 0.415 e. The normalized spacial score (nSPS) is 24.2. The minimum absolute atomic E-state index is 0.354. The van der Waals surface area contributed by atoms with Gasteiger partial charge in [-0.05, 0) is 11.2 Å². The van der Waals surface area contributed by atoms with Crippen LogP contribution in [0.4, 0.5) is 4.79 Å². The Morgan fingerprint density at radius 2 is 2.54 bits per heavy atom. The van der Waals surface area contributed by atoms with Crippen LogP contribution in [0.1, 0.15) is 0 Å². The third kappa shape index (κ3) is 1.33. The van der Waals surface area contributed by atoms with Crippen LogP contribution in [0.15, 0.2) is 29.4 Å². The number of carboxylic acid groups (broad SMARTS) is 1. The van der Waals surface area contributed by atoms with Crippen LogP contribution < -0.4 is 0 Å². The Morgan fingerprint density at radius 3 is 3.31 bits per heavy atom. The number of carbonyl (C=O) groups is 1. The second-order valence-corrected chi connectivity index (χ2v) is 2.42. The molecule has 1 amide bonds. The first-order valence-electron chi connectivity index (χ1n) is 3.53. The average molecular weight is 182 g/mol. The van der Waals surface area contributed by atoms with Crippen LogP contribution in [-0.4, -0.2) is 28.6 Å². The molecule has 2 rings (SSSR count). The minimum Gasteiger partial charge on any atom is -0.465 e. The van der Waals surface area contributed by atoms with E-state index in [9.17, 15) is 4.79 Å². The summed E-state index contributed by atoms with van der Waals surface area (Å²) in [5.41, 5.74) is 0. The highest BCUT2D eigenvalue weighted by Gasteiger charge is 2.24. The first-order chi connectivity index (χ1) is 6.27. The molecule has 1 unspecified atom stereocenters. The molecule has 2 aliphatic rings. The molecule has 0 fully saturated rings. The summed E-state index contributed by atoms with van der Waals surface area (Å²) in [6.07, 6.45) is 3.98. The van der Waals surface area contributed by atoms with Gasteiger partial charge < -0.3 is 14.7 Å². The van der Waals surface area contributed by atoms with Gasteiger partial charge in [0.15, 0.2) is 11.9 Å². The van der Waals surface area contributed by atoms with Crippen LogP contribution in [0.25, 0.3) is 0 Å². The number of fused-ring (bicyclic) bond motifs is 1. The van der Waals surface area contributed by atoms with Gasteiger partial charge in [-0.25, -0.2) is 4.79 Å². The molecule has 2 aliphatic heterocycles. The number of nitrogens with zero attached hydrogens (tertiary/aromatic N) is 2. The number of hydrogen-bond acceptors (Lipinski definition) is 4. The van der Waals surface area contributed by atoms with Gasteiger partial charge in [-0.2, -0.15) is 0 Å². The summed E-state index contributed by atoms with van der Waals surface area (Å²) < 4.78 is 5.02. The van der Waals surface area contributed by atoms with Crippen molar-refractivity contribution in [2.24, 2.45) is 5.16 Å². The van der Waals surface area contributed by atoms with E-state index in [1.807, 2.05) is 0 Å². The minimum atomic E-state index is -1.08. The molecule has 13 heavy (non-hydrogen) atoms. The van der Waals surface area contributed by atoms with Crippen molar-refractivity contribution in [2.45, 2.75) is 6.10 Å². The molecule has 1 atom stereocenters. The number of ether oxygens (including phenoxy) is 1. The lowest BCUT2D eigenvalue weighted by Gasteiger charge is -2.23. The van der Waals surface area contributed by atoms with Crippen LogP contribution in [-0.2, 0) is 9.57 Å². The molecule has 0 aromatic rings. The van der Waals surface area contributed by atoms with E-state index in [2.05, 4.69) is 5.16 Å². The van der Waals surface area contributed by atoms with Crippen LogP contribution >= 0.6 is 0 Å². The molecule has 6 nitrogen and oxygen atoms in total. The van der Waals surface area contributed by atoms with Crippen molar-refractivity contribution in [3.8, 4) is 0 Å². The summed E-state index contributed by atoms with van der Waals surface area (Å²) in [6.45, 7) is 0. The van der Waals surface area contributed by atoms with E-state index in [-0.39, 0.29) is 6.10 Å². The zero-order valence-electron chi connectivity index (χ0n) is 6.45. The third-order valence-corrected chi connectivity index (χ3v) is 1.60. The molecule has 0 aliphatic carbocycles. The van der Waals surface area contributed by atoms with E-state index in [0.29, 0.717) is 5.76 Å². The topological polar surface area (TPSA) is 71.4 Å². The summed E-state index contributed by atoms with van der Waals surface area (Å²) in [6, 6.07) is 0. The summed E-state index contributed by atoms with van der Waals surface area (Å²) in [5, 5.41) is 12.0. The van der Waals surface area contributed by atoms with Crippen molar-refractivity contribution in [3.05, 3.63) is 24.2 Å². The summed E-state index contributed by atoms with van der Waals surface area (Å²) in [4.78, 5) is 16.3. The van der Waals surface area contributed by atoms with E-state index in [4.69, 9.17) is 14.7 Å². The largest absolute Gasteiger partial charge is 0.465 e. The quantitative estimate of drug-likeness (QED) is 0.598. The van der Waals surface area contributed by atoms with Crippen LogP contribution in [0, 0.1) is 0 Å². The first kappa shape index (κ1) is 7.66. The fraction of sp³-hybridized carbons (Fsp3) is 0.143. The molecule has 0 saturated heterocycles. The van der Waals surface area contributed by atoms with Crippen molar-refractivity contribution < 1.29 is 19.5 Å². The SMILES string of the molecule is O=C(O)N1C=CC2OC=NOC2=C1. The molecule has 0 aromatic carbocycles. The monoisotopic (exact) mass is 182 g/mol. The molecule has 2 heterocycles. The summed E-state index contributed by atoms with van der Waals surface area (Å²) in [7, 11) is 0. The first-order valence-corrected chi connectivity index (χ1v) is 3.53. The second kappa shape index (κ2) is 2.81. The Bertz CT molecular complexity index is 320. The number of rotatable bonds is 0. The fourth-order valence-electron chi connectivity index (χ4n) is 0.999. The number of amides is 1. The van der Waals surface area contributed by atoms with Gasteiger partial charge in [0.1, 0.15) is 0 Å². The standard InChI is InChI=1S/C7H6N2O4/c10-7(11)9-2-1-5-6(3-9)13-8-4-12-5/h1-5H,(H,10,11). The summed E-state index contributed by atoms with van der Waals surface area (Å²) >= 11 is 0. The molecule has 0 saturated carbocycles. The van der Waals surface area contributed by atoms with E-state index < -0.39 is 6.09 Å². The van der Waals surface area contributed by atoms with Gasteiger partial charge in [-0.3, -0.25) is 4.90 Å².